The van der Waals surface area contributed by atoms with Crippen molar-refractivity contribution in [3.63, 3.8) is 0 Å². The normalized spacial score (nSPS) is 23.5. The van der Waals surface area contributed by atoms with Crippen LogP contribution in [0.15, 0.2) is 29.3 Å². The monoisotopic (exact) mass is 355 g/mol. The van der Waals surface area contributed by atoms with Crippen molar-refractivity contribution in [1.82, 2.24) is 19.8 Å². The van der Waals surface area contributed by atoms with E-state index in [1.165, 1.54) is 18.4 Å². The van der Waals surface area contributed by atoms with E-state index < -0.39 is 0 Å². The summed E-state index contributed by atoms with van der Waals surface area (Å²) in [4.78, 5) is 11.5. The number of guanidine groups is 1. The Balaban J connectivity index is 1.30. The van der Waals surface area contributed by atoms with E-state index in [4.69, 9.17) is 4.74 Å². The van der Waals surface area contributed by atoms with E-state index in [1.54, 1.807) is 0 Å². The average Bonchev–Trinajstić information content (AvgIpc) is 3.36. The van der Waals surface area contributed by atoms with E-state index in [2.05, 4.69) is 49.9 Å². The zero-order valence-electron chi connectivity index (χ0n) is 15.9. The molecule has 6 nitrogen and oxygen atoms in total. The molecule has 1 N–H and O–H groups in total. The summed E-state index contributed by atoms with van der Waals surface area (Å²) in [7, 11) is 1.88. The van der Waals surface area contributed by atoms with Gasteiger partial charge in [-0.3, -0.25) is 4.99 Å². The van der Waals surface area contributed by atoms with Crippen LogP contribution in [0.2, 0.25) is 0 Å². The summed E-state index contributed by atoms with van der Waals surface area (Å²) in [5.41, 5.74) is 2.66. The molecule has 3 heterocycles. The van der Waals surface area contributed by atoms with Crippen LogP contribution in [-0.2, 0) is 11.3 Å². The minimum atomic E-state index is 0.366. The molecule has 0 saturated carbocycles. The second kappa shape index (κ2) is 7.27. The molecule has 1 unspecified atom stereocenters. The van der Waals surface area contributed by atoms with Crippen molar-refractivity contribution in [3.05, 3.63) is 30.1 Å². The molecule has 1 spiro atoms. The number of benzene rings is 1. The van der Waals surface area contributed by atoms with E-state index in [0.717, 1.165) is 63.1 Å². The number of nitrogens with zero attached hydrogens (tertiary/aromatic N) is 4. The fraction of sp³-hybridized carbons (Fsp3) is 0.600. The van der Waals surface area contributed by atoms with Crippen molar-refractivity contribution in [1.29, 1.82) is 0 Å². The molecule has 4 rings (SSSR count). The van der Waals surface area contributed by atoms with Gasteiger partial charge in [-0.15, -0.1) is 0 Å². The van der Waals surface area contributed by atoms with E-state index in [9.17, 15) is 0 Å². The molecule has 2 aliphatic rings. The highest BCUT2D eigenvalue weighted by atomic mass is 16.5. The molecule has 0 radical (unpaired) electrons. The number of fused-ring (bicyclic) bond motifs is 1. The van der Waals surface area contributed by atoms with Gasteiger partial charge in [-0.2, -0.15) is 0 Å². The van der Waals surface area contributed by atoms with Crippen molar-refractivity contribution >= 4 is 17.0 Å². The van der Waals surface area contributed by atoms with Crippen molar-refractivity contribution in [2.24, 2.45) is 10.4 Å². The first kappa shape index (κ1) is 17.3. The first-order chi connectivity index (χ1) is 12.7. The summed E-state index contributed by atoms with van der Waals surface area (Å²) < 4.78 is 7.94. The lowest BCUT2D eigenvalue weighted by molar-refractivity contribution is 0.156. The highest BCUT2D eigenvalue weighted by molar-refractivity contribution is 5.80. The second-order valence-electron chi connectivity index (χ2n) is 7.60. The summed E-state index contributed by atoms with van der Waals surface area (Å²) in [6.45, 7) is 7.93. The van der Waals surface area contributed by atoms with Gasteiger partial charge in [0.25, 0.3) is 0 Å². The molecule has 2 saturated heterocycles. The molecule has 26 heavy (non-hydrogen) atoms. The molecule has 0 amide bonds. The minimum Gasteiger partial charge on any atom is -0.381 e. The smallest absolute Gasteiger partial charge is 0.193 e. The predicted octanol–water partition coefficient (Wildman–Crippen LogP) is 2.42. The lowest BCUT2D eigenvalue weighted by atomic mass is 9.87. The third kappa shape index (κ3) is 3.30. The zero-order chi connectivity index (χ0) is 18.0. The number of imidazole rings is 1. The average molecular weight is 355 g/mol. The van der Waals surface area contributed by atoms with Gasteiger partial charge >= 0.3 is 0 Å². The first-order valence-corrected chi connectivity index (χ1v) is 9.66. The summed E-state index contributed by atoms with van der Waals surface area (Å²) >= 11 is 0. The fourth-order valence-corrected chi connectivity index (χ4v) is 4.34. The Bertz CT molecular complexity index is 791. The van der Waals surface area contributed by atoms with E-state index in [-0.39, 0.29) is 0 Å². The third-order valence-corrected chi connectivity index (χ3v) is 5.82. The number of hydrogen-bond acceptors (Lipinski definition) is 3. The molecular formula is C20H29N5O. The maximum absolute atomic E-state index is 5.63. The van der Waals surface area contributed by atoms with Gasteiger partial charge in [0.15, 0.2) is 5.96 Å². The van der Waals surface area contributed by atoms with Crippen LogP contribution < -0.4 is 5.32 Å². The van der Waals surface area contributed by atoms with Crippen LogP contribution in [0.3, 0.4) is 0 Å². The molecule has 1 aromatic heterocycles. The number of rotatable bonds is 4. The van der Waals surface area contributed by atoms with Crippen LogP contribution in [0.4, 0.5) is 0 Å². The van der Waals surface area contributed by atoms with Gasteiger partial charge in [-0.1, -0.05) is 12.1 Å². The molecule has 2 aliphatic heterocycles. The van der Waals surface area contributed by atoms with Gasteiger partial charge in [-0.25, -0.2) is 4.98 Å². The van der Waals surface area contributed by atoms with Crippen LogP contribution in [0.5, 0.6) is 0 Å². The summed E-state index contributed by atoms with van der Waals surface area (Å²) in [6, 6.07) is 8.35. The Labute approximate surface area is 155 Å². The number of aliphatic imine (C=N–C) groups is 1. The fourth-order valence-electron chi connectivity index (χ4n) is 4.34. The molecule has 2 fully saturated rings. The number of ether oxygens (including phenoxy) is 1. The number of nitrogens with one attached hydrogen (secondary N) is 1. The molecule has 1 aromatic carbocycles. The molecule has 6 heteroatoms. The number of likely N-dealkylation sites (tertiary alicyclic amines) is 1. The maximum atomic E-state index is 5.63. The van der Waals surface area contributed by atoms with E-state index in [0.29, 0.717) is 5.41 Å². The van der Waals surface area contributed by atoms with Crippen molar-refractivity contribution in [2.45, 2.75) is 32.7 Å². The Morgan fingerprint density at radius 1 is 1.35 bits per heavy atom. The minimum absolute atomic E-state index is 0.366. The van der Waals surface area contributed by atoms with Crippen LogP contribution in [0, 0.1) is 12.3 Å². The van der Waals surface area contributed by atoms with Crippen molar-refractivity contribution in [2.75, 3.05) is 39.9 Å². The van der Waals surface area contributed by atoms with Crippen LogP contribution in [0.1, 0.15) is 25.1 Å². The summed E-state index contributed by atoms with van der Waals surface area (Å²) in [6.07, 6.45) is 3.45. The van der Waals surface area contributed by atoms with E-state index in [1.807, 2.05) is 13.1 Å². The second-order valence-corrected chi connectivity index (χ2v) is 7.60. The number of aryl methyl sites for hydroxylation is 2. The lowest BCUT2D eigenvalue weighted by Crippen LogP contribution is -2.41. The number of hydrogen-bond donors (Lipinski definition) is 1. The third-order valence-electron chi connectivity index (χ3n) is 5.82. The van der Waals surface area contributed by atoms with Gasteiger partial charge in [0.2, 0.25) is 0 Å². The lowest BCUT2D eigenvalue weighted by Gasteiger charge is -2.25. The van der Waals surface area contributed by atoms with Crippen LogP contribution >= 0.6 is 0 Å². The van der Waals surface area contributed by atoms with Crippen LogP contribution in [0.25, 0.3) is 11.0 Å². The molecule has 140 valence electrons. The maximum Gasteiger partial charge on any atom is 0.193 e. The Morgan fingerprint density at radius 3 is 3.04 bits per heavy atom. The molecule has 1 atom stereocenters. The molecule has 0 bridgehead atoms. The molecular weight excluding hydrogens is 326 g/mol. The van der Waals surface area contributed by atoms with Gasteiger partial charge in [-0.05, 0) is 38.3 Å². The van der Waals surface area contributed by atoms with Gasteiger partial charge in [0, 0.05) is 45.2 Å². The summed E-state index contributed by atoms with van der Waals surface area (Å²) in [5.74, 6) is 2.11. The zero-order valence-corrected chi connectivity index (χ0v) is 15.9. The van der Waals surface area contributed by atoms with Gasteiger partial charge < -0.3 is 19.5 Å². The highest BCUT2D eigenvalue weighted by Gasteiger charge is 2.42. The van der Waals surface area contributed by atoms with Gasteiger partial charge in [0.1, 0.15) is 5.82 Å². The Morgan fingerprint density at radius 2 is 2.23 bits per heavy atom. The summed E-state index contributed by atoms with van der Waals surface area (Å²) in [5, 5.41) is 3.55. The number of aromatic nitrogens is 2. The molecule has 2 aromatic rings. The van der Waals surface area contributed by atoms with Crippen molar-refractivity contribution in [3.8, 4) is 0 Å². The molecule has 0 aliphatic carbocycles. The Kier molecular flexibility index (Phi) is 4.85. The topological polar surface area (TPSA) is 54.7 Å². The quantitative estimate of drug-likeness (QED) is 0.520. The largest absolute Gasteiger partial charge is 0.381 e. The number of para-hydroxylation sites is 2. The SMILES string of the molecule is CN=C(NCCCn1c(C)nc2ccccc21)N1CCC2(CCOC2)C1. The highest BCUT2D eigenvalue weighted by Crippen LogP contribution is 2.38. The van der Waals surface area contributed by atoms with Gasteiger partial charge in [0.05, 0.1) is 17.6 Å². The Hall–Kier alpha value is -2.08. The predicted molar refractivity (Wildman–Crippen MR) is 105 cm³/mol. The van der Waals surface area contributed by atoms with E-state index >= 15 is 0 Å². The van der Waals surface area contributed by atoms with Crippen molar-refractivity contribution < 1.29 is 4.74 Å². The van der Waals surface area contributed by atoms with Crippen LogP contribution in [-0.4, -0.2) is 60.3 Å². The first-order valence-electron chi connectivity index (χ1n) is 9.66. The standard InChI is InChI=1S/C20H29N5O/c1-16-23-17-6-3-4-7-18(17)25(16)11-5-10-22-19(21-2)24-12-8-20(14-24)9-13-26-15-20/h3-4,6-7H,5,8-15H2,1-2H3,(H,21,22).